The summed E-state index contributed by atoms with van der Waals surface area (Å²) in [6, 6.07) is 0. The average Bonchev–Trinajstić information content (AvgIpc) is 1.94. The van der Waals surface area contributed by atoms with Crippen LogP contribution in [0.2, 0.25) is 0 Å². The molecule has 4 heteroatoms. The van der Waals surface area contributed by atoms with E-state index in [1.54, 1.807) is 11.8 Å². The van der Waals surface area contributed by atoms with Gasteiger partial charge in [-0.3, -0.25) is 0 Å². The molecule has 76 valence electrons. The quantitative estimate of drug-likeness (QED) is 0.688. The molecule has 0 radical (unpaired) electrons. The third-order valence-electron chi connectivity index (χ3n) is 1.96. The first-order valence-electron chi connectivity index (χ1n) is 4.66. The second-order valence-corrected chi connectivity index (χ2v) is 6.73. The fourth-order valence-corrected chi connectivity index (χ4v) is 4.04. The van der Waals surface area contributed by atoms with Gasteiger partial charge >= 0.3 is 0 Å². The first kappa shape index (κ1) is 11.1. The Balaban J connectivity index is 2.17. The van der Waals surface area contributed by atoms with Crippen LogP contribution in [0.1, 0.15) is 26.2 Å². The minimum Gasteiger partial charge on any atom is -0.229 e. The van der Waals surface area contributed by atoms with Gasteiger partial charge in [-0.25, -0.2) is 8.42 Å². The van der Waals surface area contributed by atoms with Gasteiger partial charge in [-0.05, 0) is 24.2 Å². The zero-order chi connectivity index (χ0) is 9.73. The average molecular weight is 220 g/mol. The van der Waals surface area contributed by atoms with Crippen LogP contribution in [0.4, 0.5) is 0 Å². The number of thioether (sulfide) groups is 1. The molecule has 13 heavy (non-hydrogen) atoms. The maximum atomic E-state index is 11.3. The number of rotatable bonds is 6. The summed E-state index contributed by atoms with van der Waals surface area (Å²) in [5, 5.41) is 0. The van der Waals surface area contributed by atoms with Crippen LogP contribution in [-0.2, 0) is 9.84 Å². The van der Waals surface area contributed by atoms with E-state index in [9.17, 15) is 8.42 Å². The Bertz CT molecular complexity index is 278. The van der Waals surface area contributed by atoms with Crippen LogP contribution in [0.25, 0.3) is 0 Å². The van der Waals surface area contributed by atoms with E-state index >= 15 is 0 Å². The zero-order valence-corrected chi connectivity index (χ0v) is 9.59. The largest absolute Gasteiger partial charge is 0.229 e. The third-order valence-corrected chi connectivity index (χ3v) is 5.22. The highest BCUT2D eigenvalue weighted by molar-refractivity contribution is 8.04. The van der Waals surface area contributed by atoms with Crippen molar-refractivity contribution in [2.75, 3.05) is 17.3 Å². The van der Waals surface area contributed by atoms with Crippen LogP contribution < -0.4 is 0 Å². The molecule has 1 rings (SSSR count). The molecule has 1 aliphatic rings. The predicted octanol–water partition coefficient (Wildman–Crippen LogP) is 2.22. The number of hydrogen-bond donors (Lipinski definition) is 0. The minimum atomic E-state index is -2.76. The third kappa shape index (κ3) is 4.18. The summed E-state index contributed by atoms with van der Waals surface area (Å²) in [7, 11) is -2.76. The second-order valence-electron chi connectivity index (χ2n) is 3.21. The molecule has 0 aromatic carbocycles. The first-order chi connectivity index (χ1) is 6.14. The van der Waals surface area contributed by atoms with Crippen LogP contribution >= 0.6 is 11.8 Å². The van der Waals surface area contributed by atoms with E-state index in [1.165, 1.54) is 11.3 Å². The molecule has 0 fully saturated rings. The molecule has 0 spiro atoms. The van der Waals surface area contributed by atoms with E-state index in [4.69, 9.17) is 0 Å². The molecule has 0 atom stereocenters. The SMILES string of the molecule is CCCS(=O)(=O)CCSC1=CCC1. The van der Waals surface area contributed by atoms with Gasteiger partial charge in [-0.1, -0.05) is 13.0 Å². The molecular weight excluding hydrogens is 204 g/mol. The highest BCUT2D eigenvalue weighted by Gasteiger charge is 2.11. The molecule has 0 aliphatic heterocycles. The van der Waals surface area contributed by atoms with E-state index in [-0.39, 0.29) is 0 Å². The van der Waals surface area contributed by atoms with Crippen LogP contribution in [0.5, 0.6) is 0 Å². The lowest BCUT2D eigenvalue weighted by molar-refractivity contribution is 0.596. The molecule has 0 bridgehead atoms. The zero-order valence-electron chi connectivity index (χ0n) is 7.95. The van der Waals surface area contributed by atoms with Crippen molar-refractivity contribution in [3.05, 3.63) is 11.0 Å². The van der Waals surface area contributed by atoms with Crippen molar-refractivity contribution in [2.24, 2.45) is 0 Å². The summed E-state index contributed by atoms with van der Waals surface area (Å²) in [5.74, 6) is 1.41. The molecule has 0 saturated carbocycles. The van der Waals surface area contributed by atoms with Gasteiger partial charge in [0.25, 0.3) is 0 Å². The smallest absolute Gasteiger partial charge is 0.151 e. The van der Waals surface area contributed by atoms with Crippen LogP contribution in [-0.4, -0.2) is 25.7 Å². The lowest BCUT2D eigenvalue weighted by Crippen LogP contribution is -2.12. The molecule has 0 N–H and O–H groups in total. The van der Waals surface area contributed by atoms with E-state index in [0.29, 0.717) is 11.5 Å². The van der Waals surface area contributed by atoms with Crippen molar-refractivity contribution >= 4 is 21.6 Å². The fraction of sp³-hybridized carbons (Fsp3) is 0.778. The molecule has 2 nitrogen and oxygen atoms in total. The molecule has 0 heterocycles. The van der Waals surface area contributed by atoms with Gasteiger partial charge in [0.05, 0.1) is 5.75 Å². The monoisotopic (exact) mass is 220 g/mol. The Morgan fingerprint density at radius 1 is 1.46 bits per heavy atom. The van der Waals surface area contributed by atoms with Crippen LogP contribution in [0.3, 0.4) is 0 Å². The number of hydrogen-bond acceptors (Lipinski definition) is 3. The van der Waals surface area contributed by atoms with Crippen molar-refractivity contribution in [3.8, 4) is 0 Å². The normalized spacial score (nSPS) is 16.5. The van der Waals surface area contributed by atoms with Crippen LogP contribution in [0, 0.1) is 0 Å². The van der Waals surface area contributed by atoms with Gasteiger partial charge in [-0.2, -0.15) is 0 Å². The van der Waals surface area contributed by atoms with Gasteiger partial charge in [0.2, 0.25) is 0 Å². The maximum absolute atomic E-state index is 11.3. The lowest BCUT2D eigenvalue weighted by atomic mass is 10.1. The number of allylic oxidation sites excluding steroid dienone is 2. The lowest BCUT2D eigenvalue weighted by Gasteiger charge is -2.12. The maximum Gasteiger partial charge on any atom is 0.151 e. The molecule has 0 aromatic heterocycles. The van der Waals surface area contributed by atoms with Crippen LogP contribution in [0.15, 0.2) is 11.0 Å². The highest BCUT2D eigenvalue weighted by atomic mass is 32.2. The Hall–Kier alpha value is 0.0400. The topological polar surface area (TPSA) is 34.1 Å². The summed E-state index contributed by atoms with van der Waals surface area (Å²) in [6.45, 7) is 1.90. The Labute approximate surface area is 84.7 Å². The molecule has 0 unspecified atom stereocenters. The van der Waals surface area contributed by atoms with Gasteiger partial charge < -0.3 is 0 Å². The standard InChI is InChI=1S/C9H16O2S2/c1-2-7-13(10,11)8-6-12-9-4-3-5-9/h4H,2-3,5-8H2,1H3. The van der Waals surface area contributed by atoms with Crippen molar-refractivity contribution in [1.82, 2.24) is 0 Å². The van der Waals surface area contributed by atoms with Gasteiger partial charge in [0.1, 0.15) is 0 Å². The van der Waals surface area contributed by atoms with Crippen molar-refractivity contribution in [3.63, 3.8) is 0 Å². The van der Waals surface area contributed by atoms with Gasteiger partial charge in [0, 0.05) is 11.5 Å². The van der Waals surface area contributed by atoms with E-state index < -0.39 is 9.84 Å². The predicted molar refractivity (Wildman–Crippen MR) is 58.7 cm³/mol. The van der Waals surface area contributed by atoms with E-state index in [2.05, 4.69) is 6.08 Å². The summed E-state index contributed by atoms with van der Waals surface area (Å²) < 4.78 is 22.6. The van der Waals surface area contributed by atoms with E-state index in [0.717, 1.165) is 18.6 Å². The minimum absolute atomic E-state index is 0.336. The Kier molecular flexibility index (Phi) is 4.32. The summed E-state index contributed by atoms with van der Waals surface area (Å²) >= 11 is 1.70. The van der Waals surface area contributed by atoms with Crippen molar-refractivity contribution in [2.45, 2.75) is 26.2 Å². The first-order valence-corrected chi connectivity index (χ1v) is 7.47. The van der Waals surface area contributed by atoms with Crippen molar-refractivity contribution in [1.29, 1.82) is 0 Å². The summed E-state index contributed by atoms with van der Waals surface area (Å²) in [4.78, 5) is 1.37. The van der Waals surface area contributed by atoms with Crippen molar-refractivity contribution < 1.29 is 8.42 Å². The van der Waals surface area contributed by atoms with Gasteiger partial charge in [0.15, 0.2) is 9.84 Å². The second kappa shape index (κ2) is 5.05. The summed E-state index contributed by atoms with van der Waals surface area (Å²) in [6.07, 6.45) is 5.23. The molecule has 0 amide bonds. The summed E-state index contributed by atoms with van der Waals surface area (Å²) in [5.41, 5.74) is 0. The van der Waals surface area contributed by atoms with Gasteiger partial charge in [-0.15, -0.1) is 11.8 Å². The molecule has 0 aromatic rings. The molecule has 0 saturated heterocycles. The highest BCUT2D eigenvalue weighted by Crippen LogP contribution is 2.29. The Morgan fingerprint density at radius 2 is 2.15 bits per heavy atom. The number of sulfone groups is 1. The molecular formula is C9H16O2S2. The molecule has 1 aliphatic carbocycles. The fourth-order valence-electron chi connectivity index (χ4n) is 1.11. The Morgan fingerprint density at radius 3 is 2.62 bits per heavy atom. The van der Waals surface area contributed by atoms with E-state index in [1.807, 2.05) is 6.92 Å².